The van der Waals surface area contributed by atoms with Gasteiger partial charge in [0, 0.05) is 18.9 Å². The van der Waals surface area contributed by atoms with Crippen molar-refractivity contribution >= 4 is 10.8 Å². The van der Waals surface area contributed by atoms with Gasteiger partial charge in [0.15, 0.2) is 6.20 Å². The zero-order valence-corrected chi connectivity index (χ0v) is 20.7. The van der Waals surface area contributed by atoms with Crippen molar-refractivity contribution in [2.75, 3.05) is 0 Å². The van der Waals surface area contributed by atoms with Crippen LogP contribution in [0.15, 0.2) is 36.5 Å². The molecule has 0 aliphatic heterocycles. The van der Waals surface area contributed by atoms with Crippen LogP contribution >= 0.6 is 0 Å². The molecule has 0 amide bonds. The average molecular weight is 449 g/mol. The number of pyridine rings is 1. The summed E-state index contributed by atoms with van der Waals surface area (Å²) in [6.45, 7) is 8.85. The molecule has 0 N–H and O–H groups in total. The highest BCUT2D eigenvalue weighted by atomic mass is 19.3. The SMILES string of the molecule is Cc1cc(C)c(C)c(-c2c3ccc4c(c3cc[n+]2C)CCCC4C2(C)CCC(F)(F)CC2)c1. The summed E-state index contributed by atoms with van der Waals surface area (Å²) < 4.78 is 30.1. The van der Waals surface area contributed by atoms with E-state index in [4.69, 9.17) is 0 Å². The Labute approximate surface area is 196 Å². The molecule has 1 heterocycles. The van der Waals surface area contributed by atoms with Crippen LogP contribution in [0.25, 0.3) is 22.0 Å². The van der Waals surface area contributed by atoms with Gasteiger partial charge in [-0.05, 0) is 104 Å². The minimum absolute atomic E-state index is 0.0307. The molecular formula is C30H36F2N+. The molecule has 1 unspecified atom stereocenters. The van der Waals surface area contributed by atoms with Crippen LogP contribution in [0.5, 0.6) is 0 Å². The molecule has 174 valence electrons. The number of rotatable bonds is 2. The number of hydrogen-bond donors (Lipinski definition) is 0. The maximum atomic E-state index is 13.9. The van der Waals surface area contributed by atoms with E-state index in [1.165, 1.54) is 49.8 Å². The van der Waals surface area contributed by atoms with Gasteiger partial charge in [0.25, 0.3) is 0 Å². The minimum atomic E-state index is -2.48. The Morgan fingerprint density at radius 2 is 1.67 bits per heavy atom. The number of aryl methyl sites for hydroxylation is 4. The van der Waals surface area contributed by atoms with E-state index in [1.807, 2.05) is 0 Å². The summed E-state index contributed by atoms with van der Waals surface area (Å²) in [5, 5.41) is 2.64. The van der Waals surface area contributed by atoms with Crippen LogP contribution in [-0.4, -0.2) is 5.92 Å². The lowest BCUT2D eigenvalue weighted by atomic mass is 9.60. The van der Waals surface area contributed by atoms with E-state index in [9.17, 15) is 8.78 Å². The third kappa shape index (κ3) is 3.78. The Morgan fingerprint density at radius 1 is 0.939 bits per heavy atom. The first kappa shape index (κ1) is 22.5. The summed E-state index contributed by atoms with van der Waals surface area (Å²) >= 11 is 0. The summed E-state index contributed by atoms with van der Waals surface area (Å²) in [7, 11) is 2.14. The molecule has 0 bridgehead atoms. The van der Waals surface area contributed by atoms with Gasteiger partial charge in [-0.2, -0.15) is 0 Å². The van der Waals surface area contributed by atoms with Gasteiger partial charge in [-0.1, -0.05) is 24.6 Å². The van der Waals surface area contributed by atoms with Crippen molar-refractivity contribution < 1.29 is 13.3 Å². The second kappa shape index (κ2) is 7.89. The van der Waals surface area contributed by atoms with Crippen LogP contribution in [0, 0.1) is 26.2 Å². The highest BCUT2D eigenvalue weighted by Crippen LogP contribution is 2.55. The smallest absolute Gasteiger partial charge is 0.207 e. The first-order chi connectivity index (χ1) is 15.6. The molecule has 33 heavy (non-hydrogen) atoms. The third-order valence-electron chi connectivity index (χ3n) is 8.79. The maximum absolute atomic E-state index is 13.9. The number of benzene rings is 2. The van der Waals surface area contributed by atoms with Crippen LogP contribution in [0.1, 0.15) is 79.2 Å². The topological polar surface area (TPSA) is 3.88 Å². The zero-order valence-electron chi connectivity index (χ0n) is 20.7. The van der Waals surface area contributed by atoms with Crippen molar-refractivity contribution in [3.8, 4) is 11.3 Å². The number of hydrogen-bond acceptors (Lipinski definition) is 0. The Hall–Kier alpha value is -2.29. The molecular weight excluding hydrogens is 412 g/mol. The predicted octanol–water partition coefficient (Wildman–Crippen LogP) is 7.89. The van der Waals surface area contributed by atoms with Gasteiger partial charge in [-0.15, -0.1) is 0 Å². The number of fused-ring (bicyclic) bond motifs is 3. The standard InChI is InChI=1S/C30H36F2N/c1-19-17-20(2)21(3)26(18-19)28-25-10-9-24-22(23(25)11-16-33(28)5)7-6-8-27(24)29(4)12-14-30(31,32)15-13-29/h9-11,16-18,27H,6-8,12-15H2,1-5H3/q+1. The predicted molar refractivity (Wildman–Crippen MR) is 132 cm³/mol. The molecule has 0 radical (unpaired) electrons. The molecule has 5 rings (SSSR count). The largest absolute Gasteiger partial charge is 0.248 e. The lowest BCUT2D eigenvalue weighted by Gasteiger charge is -2.45. The average Bonchev–Trinajstić information content (AvgIpc) is 2.78. The molecule has 1 aromatic heterocycles. The molecule has 3 heteroatoms. The maximum Gasteiger partial charge on any atom is 0.248 e. The zero-order chi connectivity index (χ0) is 23.5. The van der Waals surface area contributed by atoms with Crippen LogP contribution in [0.3, 0.4) is 0 Å². The van der Waals surface area contributed by atoms with Crippen LogP contribution in [0.4, 0.5) is 8.78 Å². The first-order valence-corrected chi connectivity index (χ1v) is 12.5. The molecule has 0 saturated heterocycles. The van der Waals surface area contributed by atoms with Gasteiger partial charge in [0.2, 0.25) is 11.6 Å². The van der Waals surface area contributed by atoms with Crippen LogP contribution < -0.4 is 4.57 Å². The molecule has 1 saturated carbocycles. The first-order valence-electron chi connectivity index (χ1n) is 12.5. The fourth-order valence-corrected chi connectivity index (χ4v) is 6.65. The lowest BCUT2D eigenvalue weighted by Crippen LogP contribution is -2.37. The van der Waals surface area contributed by atoms with Gasteiger partial charge in [0.05, 0.1) is 10.9 Å². The molecule has 2 aromatic carbocycles. The van der Waals surface area contributed by atoms with E-state index < -0.39 is 5.92 Å². The molecule has 0 spiro atoms. The van der Waals surface area contributed by atoms with Crippen molar-refractivity contribution in [1.29, 1.82) is 0 Å². The molecule has 1 fully saturated rings. The fraction of sp³-hybridized carbons (Fsp3) is 0.500. The second-order valence-corrected chi connectivity index (χ2v) is 11.1. The molecule has 3 aromatic rings. The lowest BCUT2D eigenvalue weighted by molar-refractivity contribution is -0.659. The third-order valence-corrected chi connectivity index (χ3v) is 8.79. The van der Waals surface area contributed by atoms with Gasteiger partial charge in [-0.25, -0.2) is 13.3 Å². The minimum Gasteiger partial charge on any atom is -0.207 e. The summed E-state index contributed by atoms with van der Waals surface area (Å²) in [6.07, 6.45) is 6.85. The summed E-state index contributed by atoms with van der Waals surface area (Å²) in [4.78, 5) is 0. The quantitative estimate of drug-likeness (QED) is 0.351. The summed E-state index contributed by atoms with van der Waals surface area (Å²) in [5.41, 5.74) is 9.34. The van der Waals surface area contributed by atoms with Gasteiger partial charge in [0.1, 0.15) is 7.05 Å². The van der Waals surface area contributed by atoms with E-state index in [1.54, 1.807) is 0 Å². The monoisotopic (exact) mass is 448 g/mol. The summed E-state index contributed by atoms with van der Waals surface area (Å²) in [5.74, 6) is -2.10. The van der Waals surface area contributed by atoms with Crippen molar-refractivity contribution in [1.82, 2.24) is 0 Å². The van der Waals surface area contributed by atoms with Crippen LogP contribution in [0.2, 0.25) is 0 Å². The second-order valence-electron chi connectivity index (χ2n) is 11.1. The van der Waals surface area contributed by atoms with E-state index >= 15 is 0 Å². The normalized spacial score (nSPS) is 21.7. The van der Waals surface area contributed by atoms with Crippen LogP contribution in [-0.2, 0) is 13.5 Å². The number of alkyl halides is 2. The summed E-state index contributed by atoms with van der Waals surface area (Å²) in [6, 6.07) is 11.5. The number of aromatic nitrogens is 1. The van der Waals surface area contributed by atoms with E-state index in [0.29, 0.717) is 18.8 Å². The molecule has 1 atom stereocenters. The van der Waals surface area contributed by atoms with Crippen molar-refractivity contribution in [3.63, 3.8) is 0 Å². The van der Waals surface area contributed by atoms with Crippen molar-refractivity contribution in [2.45, 2.75) is 84.5 Å². The number of halogens is 2. The van der Waals surface area contributed by atoms with Crippen molar-refractivity contribution in [2.24, 2.45) is 12.5 Å². The van der Waals surface area contributed by atoms with Gasteiger partial charge < -0.3 is 0 Å². The fourth-order valence-electron chi connectivity index (χ4n) is 6.65. The molecule has 1 nitrogen and oxygen atoms in total. The van der Waals surface area contributed by atoms with Gasteiger partial charge in [-0.3, -0.25) is 0 Å². The van der Waals surface area contributed by atoms with E-state index in [0.717, 1.165) is 19.3 Å². The number of nitrogens with zero attached hydrogens (tertiary/aromatic N) is 1. The van der Waals surface area contributed by atoms with Crippen molar-refractivity contribution in [3.05, 3.63) is 64.3 Å². The Bertz CT molecular complexity index is 1230. The Balaban J connectivity index is 1.66. The molecule has 2 aliphatic rings. The highest BCUT2D eigenvalue weighted by Gasteiger charge is 2.46. The Morgan fingerprint density at radius 3 is 2.39 bits per heavy atom. The van der Waals surface area contributed by atoms with Gasteiger partial charge >= 0.3 is 0 Å². The van der Waals surface area contributed by atoms with E-state index in [2.05, 4.69) is 75.8 Å². The Kier molecular flexibility index (Phi) is 5.38. The van der Waals surface area contributed by atoms with E-state index in [-0.39, 0.29) is 18.3 Å². The highest BCUT2D eigenvalue weighted by molar-refractivity contribution is 5.96. The molecule has 2 aliphatic carbocycles.